The number of β-amino-alcohol motifs (C(OH)–C–C–N with tert-alkyl or cyclic N) is 1. The summed E-state index contributed by atoms with van der Waals surface area (Å²) < 4.78 is 80.8. The van der Waals surface area contributed by atoms with Crippen LogP contribution in [0, 0.1) is 5.92 Å². The highest BCUT2D eigenvalue weighted by molar-refractivity contribution is 7.89. The molecule has 0 saturated carbocycles. The van der Waals surface area contributed by atoms with Crippen LogP contribution in [0.2, 0.25) is 0 Å². The summed E-state index contributed by atoms with van der Waals surface area (Å²) in [5.41, 5.74) is 0. The van der Waals surface area contributed by atoms with E-state index in [0.29, 0.717) is 0 Å². The van der Waals surface area contributed by atoms with Gasteiger partial charge in [0.05, 0.1) is 21.8 Å². The maximum absolute atomic E-state index is 13.4. The number of rotatable bonds is 7. The highest BCUT2D eigenvalue weighted by atomic mass is 32.2. The number of carbonyl (C=O) groups is 1. The molecule has 1 N–H and O–H groups in total. The molecule has 0 aromatic heterocycles. The lowest BCUT2D eigenvalue weighted by Gasteiger charge is -2.38. The molecule has 9 nitrogen and oxygen atoms in total. The summed E-state index contributed by atoms with van der Waals surface area (Å²) in [5.74, 6) is -4.12. The summed E-state index contributed by atoms with van der Waals surface area (Å²) in [6, 6.07) is 4.82. The number of halogens is 2. The van der Waals surface area contributed by atoms with Gasteiger partial charge in [0.1, 0.15) is 0 Å². The largest absolute Gasteiger partial charge is 0.392 e. The van der Waals surface area contributed by atoms with Crippen molar-refractivity contribution in [1.29, 1.82) is 0 Å². The Morgan fingerprint density at radius 1 is 1.03 bits per heavy atom. The minimum Gasteiger partial charge on any atom is -0.392 e. The second-order valence-corrected chi connectivity index (χ2v) is 12.5. The van der Waals surface area contributed by atoms with Crippen molar-refractivity contribution < 1.29 is 35.5 Å². The predicted molar refractivity (Wildman–Crippen MR) is 120 cm³/mol. The van der Waals surface area contributed by atoms with Crippen molar-refractivity contribution in [2.75, 3.05) is 39.3 Å². The normalized spacial score (nSPS) is 24.4. The number of aliphatic hydroxyl groups is 1. The molecule has 3 rings (SSSR count). The molecule has 192 valence electrons. The van der Waals surface area contributed by atoms with E-state index in [9.17, 15) is 35.5 Å². The summed E-state index contributed by atoms with van der Waals surface area (Å²) in [6.07, 6.45) is -1.94. The Morgan fingerprint density at radius 2 is 1.56 bits per heavy atom. The van der Waals surface area contributed by atoms with Crippen LogP contribution in [0.25, 0.3) is 0 Å². The lowest BCUT2D eigenvalue weighted by Crippen LogP contribution is -2.53. The molecule has 0 spiro atoms. The lowest BCUT2D eigenvalue weighted by molar-refractivity contribution is -0.144. The molecular formula is C21H31F2N3O6S2. The molecular weight excluding hydrogens is 492 g/mol. The lowest BCUT2D eigenvalue weighted by atomic mass is 9.94. The Kier molecular flexibility index (Phi) is 8.03. The first-order valence-electron chi connectivity index (χ1n) is 11.3. The van der Waals surface area contributed by atoms with Crippen LogP contribution in [0.4, 0.5) is 8.78 Å². The van der Waals surface area contributed by atoms with Crippen LogP contribution in [0.15, 0.2) is 34.1 Å². The van der Waals surface area contributed by atoms with Gasteiger partial charge in [-0.3, -0.25) is 4.79 Å². The van der Waals surface area contributed by atoms with Crippen molar-refractivity contribution in [3.05, 3.63) is 24.3 Å². The van der Waals surface area contributed by atoms with Gasteiger partial charge >= 0.3 is 0 Å². The first-order chi connectivity index (χ1) is 15.8. The number of sulfonamides is 2. The molecule has 1 aromatic carbocycles. The third-order valence-corrected chi connectivity index (χ3v) is 10.3. The van der Waals surface area contributed by atoms with Crippen molar-refractivity contribution in [2.45, 2.75) is 54.9 Å². The molecule has 2 fully saturated rings. The van der Waals surface area contributed by atoms with E-state index in [1.165, 1.54) is 33.5 Å². The fourth-order valence-electron chi connectivity index (χ4n) is 4.37. The van der Waals surface area contributed by atoms with E-state index in [1.54, 1.807) is 13.8 Å². The number of likely N-dealkylation sites (tertiary alicyclic amines) is 1. The Bertz CT molecular complexity index is 1080. The van der Waals surface area contributed by atoms with Gasteiger partial charge in [0, 0.05) is 52.1 Å². The highest BCUT2D eigenvalue weighted by Gasteiger charge is 2.41. The zero-order valence-electron chi connectivity index (χ0n) is 19.2. The molecule has 0 unspecified atom stereocenters. The van der Waals surface area contributed by atoms with Crippen molar-refractivity contribution >= 4 is 26.0 Å². The minimum absolute atomic E-state index is 0.0382. The second kappa shape index (κ2) is 10.1. The van der Waals surface area contributed by atoms with Gasteiger partial charge in [-0.25, -0.2) is 25.6 Å². The molecule has 2 saturated heterocycles. The minimum atomic E-state index is -4.13. The zero-order chi connectivity index (χ0) is 25.3. The van der Waals surface area contributed by atoms with Crippen LogP contribution in [-0.4, -0.2) is 92.7 Å². The predicted octanol–water partition coefficient (Wildman–Crippen LogP) is 1.35. The van der Waals surface area contributed by atoms with Crippen molar-refractivity contribution in [1.82, 2.24) is 13.5 Å². The smallest absolute Gasteiger partial charge is 0.251 e. The maximum atomic E-state index is 13.4. The molecule has 13 heteroatoms. The summed E-state index contributed by atoms with van der Waals surface area (Å²) in [4.78, 5) is 14.0. The number of aliphatic hydroxyl groups excluding tert-OH is 1. The Hall–Kier alpha value is -1.67. The molecule has 2 heterocycles. The maximum Gasteiger partial charge on any atom is 0.251 e. The van der Waals surface area contributed by atoms with Gasteiger partial charge in [0.15, 0.2) is 0 Å². The van der Waals surface area contributed by atoms with Crippen molar-refractivity contribution in [3.63, 3.8) is 0 Å². The molecule has 0 radical (unpaired) electrons. The monoisotopic (exact) mass is 523 g/mol. The Balaban J connectivity index is 1.77. The van der Waals surface area contributed by atoms with Gasteiger partial charge in [-0.05, 0) is 30.7 Å². The Morgan fingerprint density at radius 3 is 2.09 bits per heavy atom. The number of amides is 1. The van der Waals surface area contributed by atoms with Gasteiger partial charge < -0.3 is 10.0 Å². The molecule has 1 amide bonds. The third kappa shape index (κ3) is 5.59. The first-order valence-corrected chi connectivity index (χ1v) is 14.1. The average molecular weight is 524 g/mol. The summed E-state index contributed by atoms with van der Waals surface area (Å²) in [7, 11) is -7.89. The van der Waals surface area contributed by atoms with Crippen molar-refractivity contribution in [2.24, 2.45) is 5.92 Å². The van der Waals surface area contributed by atoms with Crippen LogP contribution in [0.5, 0.6) is 0 Å². The molecule has 1 aromatic rings. The van der Waals surface area contributed by atoms with Gasteiger partial charge in [-0.15, -0.1) is 0 Å². The number of carbonyl (C=O) groups excluding carboxylic acids is 1. The van der Waals surface area contributed by atoms with E-state index in [-0.39, 0.29) is 55.5 Å². The number of benzene rings is 1. The van der Waals surface area contributed by atoms with Gasteiger partial charge in [-0.1, -0.05) is 13.8 Å². The summed E-state index contributed by atoms with van der Waals surface area (Å²) >= 11 is 0. The first kappa shape index (κ1) is 26.9. The van der Waals surface area contributed by atoms with Crippen molar-refractivity contribution in [3.8, 4) is 0 Å². The van der Waals surface area contributed by atoms with Gasteiger partial charge in [0.25, 0.3) is 5.92 Å². The van der Waals surface area contributed by atoms with E-state index in [2.05, 4.69) is 0 Å². The quantitative estimate of drug-likeness (QED) is 0.577. The number of alkyl halides is 2. The molecule has 2 aliphatic heterocycles. The average Bonchev–Trinajstić information content (AvgIpc) is 2.79. The van der Waals surface area contributed by atoms with Gasteiger partial charge in [0.2, 0.25) is 26.0 Å². The molecule has 0 bridgehead atoms. The standard InChI is InChI=1S/C21H31F2N3O6S2/c1-3-25(4-2)33(29,30)18-5-7-19(8-6-18)34(31,32)26-14-16(13-17(27)15-26)20(28)24-11-9-21(22,23)10-12-24/h5-8,16-17,27H,3-4,9-15H2,1-2H3/t16-,17+/m1/s1. The third-order valence-electron chi connectivity index (χ3n) is 6.36. The van der Waals surface area contributed by atoms with Crippen LogP contribution >= 0.6 is 0 Å². The van der Waals surface area contributed by atoms with E-state index < -0.39 is 56.7 Å². The highest BCUT2D eigenvalue weighted by Crippen LogP contribution is 2.31. The van der Waals surface area contributed by atoms with E-state index in [1.807, 2.05) is 0 Å². The summed E-state index contributed by atoms with van der Waals surface area (Å²) in [5, 5.41) is 10.3. The number of nitrogens with zero attached hydrogens (tertiary/aromatic N) is 3. The summed E-state index contributed by atoms with van der Waals surface area (Å²) in [6.45, 7) is 3.31. The van der Waals surface area contributed by atoms with E-state index in [4.69, 9.17) is 0 Å². The van der Waals surface area contributed by atoms with E-state index >= 15 is 0 Å². The molecule has 2 atom stereocenters. The van der Waals surface area contributed by atoms with Crippen LogP contribution in [0.3, 0.4) is 0 Å². The van der Waals surface area contributed by atoms with Gasteiger partial charge in [-0.2, -0.15) is 8.61 Å². The number of piperidine rings is 2. The molecule has 34 heavy (non-hydrogen) atoms. The number of hydrogen-bond donors (Lipinski definition) is 1. The van der Waals surface area contributed by atoms with Crippen LogP contribution in [-0.2, 0) is 24.8 Å². The van der Waals surface area contributed by atoms with Crippen LogP contribution in [0.1, 0.15) is 33.1 Å². The second-order valence-electron chi connectivity index (χ2n) is 8.65. The topological polar surface area (TPSA) is 115 Å². The molecule has 2 aliphatic rings. The van der Waals surface area contributed by atoms with E-state index in [0.717, 1.165) is 4.31 Å². The zero-order valence-corrected chi connectivity index (χ0v) is 20.9. The fourth-order valence-corrected chi connectivity index (χ4v) is 7.35. The SMILES string of the molecule is CCN(CC)S(=O)(=O)c1ccc(S(=O)(=O)N2C[C@@H](O)C[C@@H](C(=O)N3CCC(F)(F)CC3)C2)cc1. The number of hydrogen-bond acceptors (Lipinski definition) is 6. The Labute approximate surface area is 199 Å². The van der Waals surface area contributed by atoms with Crippen LogP contribution < -0.4 is 0 Å². The molecule has 0 aliphatic carbocycles. The fraction of sp³-hybridized carbons (Fsp3) is 0.667.